The molecular weight excluding hydrogens is 253 g/mol. The molecule has 0 bridgehead atoms. The topological polar surface area (TPSA) is 24.7 Å². The third kappa shape index (κ3) is 3.64. The Morgan fingerprint density at radius 3 is 1.58 bits per heavy atom. The van der Waals surface area contributed by atoms with Crippen molar-refractivity contribution in [1.82, 2.24) is 0 Å². The second-order valence-electron chi connectivity index (χ2n) is 4.08. The molecule has 5 heteroatoms. The number of azo groups is 1. The summed E-state index contributed by atoms with van der Waals surface area (Å²) in [5.41, 5.74) is 1.45. The Bertz CT molecular complexity index is 569. The second-order valence-corrected chi connectivity index (χ2v) is 4.08. The maximum absolute atomic E-state index is 12.4. The molecule has 98 valence electrons. The van der Waals surface area contributed by atoms with Gasteiger partial charge < -0.3 is 0 Å². The molecule has 0 amide bonds. The van der Waals surface area contributed by atoms with Gasteiger partial charge in [-0.05, 0) is 43.3 Å². The van der Waals surface area contributed by atoms with Gasteiger partial charge in [-0.2, -0.15) is 23.4 Å². The number of hydrogen-bond donors (Lipinski definition) is 0. The quantitative estimate of drug-likeness (QED) is 0.646. The molecule has 2 aromatic carbocycles. The normalized spacial score (nSPS) is 12.0. The predicted molar refractivity (Wildman–Crippen MR) is 66.8 cm³/mol. The monoisotopic (exact) mass is 264 g/mol. The second kappa shape index (κ2) is 5.22. The standard InChI is InChI=1S/C14H11F3N2/c1-10-2-6-12(7-3-10)18-19-13-8-4-11(5-9-13)14(15,16)17/h2-9H,1H3. The molecule has 0 unspecified atom stereocenters. The van der Waals surface area contributed by atoms with E-state index < -0.39 is 11.7 Å². The molecule has 0 N–H and O–H groups in total. The van der Waals surface area contributed by atoms with Crippen LogP contribution in [0.25, 0.3) is 0 Å². The Morgan fingerprint density at radius 2 is 1.16 bits per heavy atom. The number of benzene rings is 2. The number of halogens is 3. The van der Waals surface area contributed by atoms with E-state index in [1.54, 1.807) is 12.1 Å². The summed E-state index contributed by atoms with van der Waals surface area (Å²) in [6, 6.07) is 11.9. The van der Waals surface area contributed by atoms with Crippen LogP contribution in [0.4, 0.5) is 24.5 Å². The fourth-order valence-corrected chi connectivity index (χ4v) is 1.44. The molecule has 2 nitrogen and oxygen atoms in total. The van der Waals surface area contributed by atoms with E-state index in [4.69, 9.17) is 0 Å². The summed E-state index contributed by atoms with van der Waals surface area (Å²) in [4.78, 5) is 0. The zero-order chi connectivity index (χ0) is 13.9. The molecule has 0 saturated heterocycles. The van der Waals surface area contributed by atoms with Crippen molar-refractivity contribution in [2.75, 3.05) is 0 Å². The van der Waals surface area contributed by atoms with Gasteiger partial charge in [-0.25, -0.2) is 0 Å². The molecule has 0 saturated carbocycles. The van der Waals surface area contributed by atoms with Crippen LogP contribution in [0.1, 0.15) is 11.1 Å². The van der Waals surface area contributed by atoms with Gasteiger partial charge in [-0.15, -0.1) is 0 Å². The molecule has 0 aliphatic rings. The number of rotatable bonds is 2. The van der Waals surface area contributed by atoms with E-state index in [1.807, 2.05) is 19.1 Å². The van der Waals surface area contributed by atoms with Crippen LogP contribution < -0.4 is 0 Å². The van der Waals surface area contributed by atoms with E-state index in [2.05, 4.69) is 10.2 Å². The molecule has 2 aromatic rings. The van der Waals surface area contributed by atoms with Crippen molar-refractivity contribution < 1.29 is 13.2 Å². The SMILES string of the molecule is Cc1ccc(N=Nc2ccc(C(F)(F)F)cc2)cc1. The van der Waals surface area contributed by atoms with Crippen molar-refractivity contribution in [3.63, 3.8) is 0 Å². The van der Waals surface area contributed by atoms with Crippen molar-refractivity contribution in [2.45, 2.75) is 13.1 Å². The molecule has 2 rings (SSSR count). The number of nitrogens with zero attached hydrogens (tertiary/aromatic N) is 2. The Morgan fingerprint density at radius 1 is 0.737 bits per heavy atom. The Kier molecular flexibility index (Phi) is 3.64. The van der Waals surface area contributed by atoms with E-state index in [1.165, 1.54) is 12.1 Å². The molecule has 0 heterocycles. The first-order valence-corrected chi connectivity index (χ1v) is 5.61. The van der Waals surface area contributed by atoms with Crippen LogP contribution in [-0.4, -0.2) is 0 Å². The van der Waals surface area contributed by atoms with Crippen molar-refractivity contribution in [2.24, 2.45) is 10.2 Å². The average Bonchev–Trinajstić information content (AvgIpc) is 2.37. The van der Waals surface area contributed by atoms with Crippen molar-refractivity contribution in [3.8, 4) is 0 Å². The Balaban J connectivity index is 2.13. The predicted octanol–water partition coefficient (Wildman–Crippen LogP) is 5.43. The van der Waals surface area contributed by atoms with Crippen LogP contribution in [0.2, 0.25) is 0 Å². The summed E-state index contributed by atoms with van der Waals surface area (Å²) in [6.45, 7) is 1.96. The molecule has 0 fully saturated rings. The first-order chi connectivity index (χ1) is 8.95. The lowest BCUT2D eigenvalue weighted by molar-refractivity contribution is -0.137. The summed E-state index contributed by atoms with van der Waals surface area (Å²) < 4.78 is 37.1. The minimum Gasteiger partial charge on any atom is -0.166 e. The lowest BCUT2D eigenvalue weighted by Crippen LogP contribution is -2.03. The molecule has 0 radical (unpaired) electrons. The zero-order valence-corrected chi connectivity index (χ0v) is 10.1. The summed E-state index contributed by atoms with van der Waals surface area (Å²) in [5, 5.41) is 7.84. The first-order valence-electron chi connectivity index (χ1n) is 5.61. The van der Waals surface area contributed by atoms with E-state index >= 15 is 0 Å². The minimum absolute atomic E-state index is 0.383. The summed E-state index contributed by atoms with van der Waals surface area (Å²) in [6.07, 6.45) is -4.33. The number of hydrogen-bond acceptors (Lipinski definition) is 2. The molecule has 0 spiro atoms. The highest BCUT2D eigenvalue weighted by molar-refractivity contribution is 5.42. The van der Waals surface area contributed by atoms with Crippen LogP contribution in [0.5, 0.6) is 0 Å². The van der Waals surface area contributed by atoms with Gasteiger partial charge in [-0.1, -0.05) is 17.7 Å². The van der Waals surface area contributed by atoms with E-state index in [0.717, 1.165) is 17.7 Å². The Hall–Kier alpha value is -2.17. The molecule has 0 aromatic heterocycles. The van der Waals surface area contributed by atoms with E-state index in [-0.39, 0.29) is 0 Å². The lowest BCUT2D eigenvalue weighted by atomic mass is 10.2. The van der Waals surface area contributed by atoms with Crippen LogP contribution in [0.3, 0.4) is 0 Å². The van der Waals surface area contributed by atoms with Gasteiger partial charge in [0.2, 0.25) is 0 Å². The molecule has 19 heavy (non-hydrogen) atoms. The highest BCUT2D eigenvalue weighted by atomic mass is 19.4. The highest BCUT2D eigenvalue weighted by Gasteiger charge is 2.29. The van der Waals surface area contributed by atoms with Gasteiger partial charge >= 0.3 is 6.18 Å². The number of alkyl halides is 3. The molecule has 0 aliphatic carbocycles. The summed E-state index contributed by atoms with van der Waals surface area (Å²) in [7, 11) is 0. The zero-order valence-electron chi connectivity index (χ0n) is 10.1. The third-order valence-electron chi connectivity index (χ3n) is 2.51. The van der Waals surface area contributed by atoms with Gasteiger partial charge in [0.15, 0.2) is 0 Å². The van der Waals surface area contributed by atoms with E-state index in [0.29, 0.717) is 11.4 Å². The summed E-state index contributed by atoms with van der Waals surface area (Å²) >= 11 is 0. The van der Waals surface area contributed by atoms with Gasteiger partial charge in [0.05, 0.1) is 16.9 Å². The fraction of sp³-hybridized carbons (Fsp3) is 0.143. The minimum atomic E-state index is -4.33. The van der Waals surface area contributed by atoms with Crippen LogP contribution >= 0.6 is 0 Å². The lowest BCUT2D eigenvalue weighted by Gasteiger charge is -2.05. The largest absolute Gasteiger partial charge is 0.416 e. The smallest absolute Gasteiger partial charge is 0.166 e. The van der Waals surface area contributed by atoms with Crippen molar-refractivity contribution >= 4 is 11.4 Å². The van der Waals surface area contributed by atoms with Crippen molar-refractivity contribution in [1.29, 1.82) is 0 Å². The third-order valence-corrected chi connectivity index (χ3v) is 2.51. The average molecular weight is 264 g/mol. The number of aryl methyl sites for hydroxylation is 1. The van der Waals surface area contributed by atoms with Gasteiger partial charge in [0, 0.05) is 0 Å². The van der Waals surface area contributed by atoms with Gasteiger partial charge in [0.1, 0.15) is 0 Å². The van der Waals surface area contributed by atoms with E-state index in [9.17, 15) is 13.2 Å². The Labute approximate surface area is 108 Å². The molecule has 0 atom stereocenters. The fourth-order valence-electron chi connectivity index (χ4n) is 1.44. The first kappa shape index (κ1) is 13.3. The highest BCUT2D eigenvalue weighted by Crippen LogP contribution is 2.30. The van der Waals surface area contributed by atoms with Gasteiger partial charge in [0.25, 0.3) is 0 Å². The molecular formula is C14H11F3N2. The maximum Gasteiger partial charge on any atom is 0.416 e. The maximum atomic E-state index is 12.4. The summed E-state index contributed by atoms with van der Waals surface area (Å²) in [5.74, 6) is 0. The van der Waals surface area contributed by atoms with Crippen LogP contribution in [-0.2, 0) is 6.18 Å². The molecule has 0 aliphatic heterocycles. The van der Waals surface area contributed by atoms with Crippen LogP contribution in [0, 0.1) is 6.92 Å². The van der Waals surface area contributed by atoms with Crippen molar-refractivity contribution in [3.05, 3.63) is 59.7 Å². The van der Waals surface area contributed by atoms with Crippen LogP contribution in [0.15, 0.2) is 58.8 Å². The van der Waals surface area contributed by atoms with Gasteiger partial charge in [-0.3, -0.25) is 0 Å².